The van der Waals surface area contributed by atoms with Crippen molar-refractivity contribution in [3.8, 4) is 0 Å². The Morgan fingerprint density at radius 3 is 2.80 bits per heavy atom. The molecule has 0 saturated carbocycles. The van der Waals surface area contributed by atoms with E-state index in [1.807, 2.05) is 19.1 Å². The Hall–Kier alpha value is -1.88. The summed E-state index contributed by atoms with van der Waals surface area (Å²) in [5.41, 5.74) is 6.82. The second kappa shape index (κ2) is 6.05. The first-order valence-electron chi connectivity index (χ1n) is 6.83. The Kier molecular flexibility index (Phi) is 4.39. The van der Waals surface area contributed by atoms with Gasteiger partial charge in [-0.3, -0.25) is 14.5 Å². The van der Waals surface area contributed by atoms with Crippen LogP contribution in [0.15, 0.2) is 24.3 Å². The molecule has 5 nitrogen and oxygen atoms in total. The van der Waals surface area contributed by atoms with Crippen LogP contribution in [0.3, 0.4) is 0 Å². The highest BCUT2D eigenvalue weighted by Gasteiger charge is 2.29. The highest BCUT2D eigenvalue weighted by Crippen LogP contribution is 2.24. The molecule has 1 aliphatic rings. The third kappa shape index (κ3) is 3.36. The molecule has 1 heterocycles. The summed E-state index contributed by atoms with van der Waals surface area (Å²) in [7, 11) is 0. The Balaban J connectivity index is 2.02. The second-order valence-electron chi connectivity index (χ2n) is 5.44. The number of carboxylic acids is 1. The number of hydrogen-bond donors (Lipinski definition) is 2. The summed E-state index contributed by atoms with van der Waals surface area (Å²) in [6.45, 7) is 3.53. The van der Waals surface area contributed by atoms with Crippen molar-refractivity contribution in [1.82, 2.24) is 4.90 Å². The van der Waals surface area contributed by atoms with Crippen molar-refractivity contribution >= 4 is 11.9 Å². The standard InChI is InChI=1S/C15H20N2O3/c1-10-7-13(15(19)20)5-6-17(10)9-11-3-2-4-12(8-11)14(16)18/h2-4,8,10,13H,5-7,9H2,1H3,(H2,16,18)(H,19,20). The molecule has 108 valence electrons. The van der Waals surface area contributed by atoms with Gasteiger partial charge in [0.05, 0.1) is 5.92 Å². The van der Waals surface area contributed by atoms with Crippen LogP contribution in [0.5, 0.6) is 0 Å². The Labute approximate surface area is 118 Å². The molecular weight excluding hydrogens is 256 g/mol. The van der Waals surface area contributed by atoms with Crippen LogP contribution in [-0.2, 0) is 11.3 Å². The molecule has 0 bridgehead atoms. The van der Waals surface area contributed by atoms with Crippen molar-refractivity contribution in [2.75, 3.05) is 6.54 Å². The lowest BCUT2D eigenvalue weighted by molar-refractivity contribution is -0.144. The normalized spacial score (nSPS) is 23.4. The van der Waals surface area contributed by atoms with Crippen molar-refractivity contribution in [1.29, 1.82) is 0 Å². The van der Waals surface area contributed by atoms with E-state index in [1.54, 1.807) is 12.1 Å². The molecule has 1 fully saturated rings. The average Bonchev–Trinajstić information content (AvgIpc) is 2.41. The van der Waals surface area contributed by atoms with Crippen LogP contribution >= 0.6 is 0 Å². The summed E-state index contributed by atoms with van der Waals surface area (Å²) in [6, 6.07) is 7.51. The van der Waals surface area contributed by atoms with Crippen LogP contribution in [0, 0.1) is 5.92 Å². The first kappa shape index (κ1) is 14.5. The van der Waals surface area contributed by atoms with E-state index in [-0.39, 0.29) is 12.0 Å². The molecule has 2 unspecified atom stereocenters. The van der Waals surface area contributed by atoms with E-state index in [1.165, 1.54) is 0 Å². The third-order valence-corrected chi connectivity index (χ3v) is 3.96. The number of likely N-dealkylation sites (tertiary alicyclic amines) is 1. The molecule has 1 aromatic carbocycles. The van der Waals surface area contributed by atoms with Gasteiger partial charge < -0.3 is 10.8 Å². The van der Waals surface area contributed by atoms with Crippen LogP contribution in [0.2, 0.25) is 0 Å². The Morgan fingerprint density at radius 2 is 2.20 bits per heavy atom. The lowest BCUT2D eigenvalue weighted by Crippen LogP contribution is -2.42. The number of primary amides is 1. The molecule has 3 N–H and O–H groups in total. The van der Waals surface area contributed by atoms with Crippen LogP contribution in [0.4, 0.5) is 0 Å². The number of carboxylic acid groups (broad SMARTS) is 1. The quantitative estimate of drug-likeness (QED) is 0.872. The fourth-order valence-electron chi connectivity index (χ4n) is 2.74. The number of carbonyl (C=O) groups is 2. The van der Waals surface area contributed by atoms with Crippen LogP contribution in [0.1, 0.15) is 35.7 Å². The number of nitrogens with zero attached hydrogens (tertiary/aromatic N) is 1. The predicted octanol–water partition coefficient (Wildman–Crippen LogP) is 1.47. The first-order valence-corrected chi connectivity index (χ1v) is 6.83. The largest absolute Gasteiger partial charge is 0.481 e. The van der Waals surface area contributed by atoms with Gasteiger partial charge in [-0.2, -0.15) is 0 Å². The number of rotatable bonds is 4. The van der Waals surface area contributed by atoms with Crippen molar-refractivity contribution in [2.24, 2.45) is 11.7 Å². The Bertz CT molecular complexity index is 516. The molecule has 1 aromatic rings. The molecule has 2 rings (SSSR count). The zero-order valence-electron chi connectivity index (χ0n) is 11.6. The molecule has 20 heavy (non-hydrogen) atoms. The molecule has 1 amide bonds. The molecule has 1 saturated heterocycles. The van der Waals surface area contributed by atoms with Crippen LogP contribution < -0.4 is 5.73 Å². The van der Waals surface area contributed by atoms with Crippen molar-refractivity contribution in [3.63, 3.8) is 0 Å². The van der Waals surface area contributed by atoms with E-state index in [9.17, 15) is 9.59 Å². The van der Waals surface area contributed by atoms with Crippen LogP contribution in [0.25, 0.3) is 0 Å². The average molecular weight is 276 g/mol. The number of hydrogen-bond acceptors (Lipinski definition) is 3. The van der Waals surface area contributed by atoms with Crippen LogP contribution in [-0.4, -0.2) is 34.5 Å². The highest BCUT2D eigenvalue weighted by molar-refractivity contribution is 5.92. The zero-order valence-corrected chi connectivity index (χ0v) is 11.6. The lowest BCUT2D eigenvalue weighted by Gasteiger charge is -2.36. The first-order chi connectivity index (χ1) is 9.47. The number of carbonyl (C=O) groups excluding carboxylic acids is 1. The molecular formula is C15H20N2O3. The molecule has 0 aromatic heterocycles. The summed E-state index contributed by atoms with van der Waals surface area (Å²) in [5, 5.41) is 9.06. The maximum absolute atomic E-state index is 11.2. The summed E-state index contributed by atoms with van der Waals surface area (Å²) in [5.74, 6) is -1.37. The number of aliphatic carboxylic acids is 1. The third-order valence-electron chi connectivity index (χ3n) is 3.96. The number of benzene rings is 1. The summed E-state index contributed by atoms with van der Waals surface area (Å²) < 4.78 is 0. The van der Waals surface area contributed by atoms with E-state index >= 15 is 0 Å². The smallest absolute Gasteiger partial charge is 0.306 e. The van der Waals surface area contributed by atoms with Gasteiger partial charge >= 0.3 is 5.97 Å². The zero-order chi connectivity index (χ0) is 14.7. The van der Waals surface area contributed by atoms with Gasteiger partial charge in [-0.05, 0) is 44.0 Å². The minimum absolute atomic E-state index is 0.224. The van der Waals surface area contributed by atoms with E-state index in [4.69, 9.17) is 10.8 Å². The Morgan fingerprint density at radius 1 is 1.45 bits per heavy atom. The second-order valence-corrected chi connectivity index (χ2v) is 5.44. The SMILES string of the molecule is CC1CC(C(=O)O)CCN1Cc1cccc(C(N)=O)c1. The number of nitrogens with two attached hydrogens (primary N) is 1. The monoisotopic (exact) mass is 276 g/mol. The van der Waals surface area contributed by atoms with Gasteiger partial charge in [0.2, 0.25) is 5.91 Å². The van der Waals surface area contributed by atoms with Gasteiger partial charge in [0.1, 0.15) is 0 Å². The maximum atomic E-state index is 11.2. The topological polar surface area (TPSA) is 83.6 Å². The van der Waals surface area contributed by atoms with Gasteiger partial charge in [-0.15, -0.1) is 0 Å². The molecule has 0 aliphatic carbocycles. The summed E-state index contributed by atoms with van der Waals surface area (Å²) >= 11 is 0. The molecule has 1 aliphatic heterocycles. The van der Waals surface area contributed by atoms with E-state index < -0.39 is 11.9 Å². The fourth-order valence-corrected chi connectivity index (χ4v) is 2.74. The van der Waals surface area contributed by atoms with Crippen molar-refractivity contribution in [3.05, 3.63) is 35.4 Å². The highest BCUT2D eigenvalue weighted by atomic mass is 16.4. The molecule has 0 radical (unpaired) electrons. The van der Waals surface area contributed by atoms with Crippen molar-refractivity contribution < 1.29 is 14.7 Å². The van der Waals surface area contributed by atoms with E-state index in [0.29, 0.717) is 24.9 Å². The van der Waals surface area contributed by atoms with E-state index in [2.05, 4.69) is 4.90 Å². The number of amides is 1. The predicted molar refractivity (Wildman–Crippen MR) is 75.2 cm³/mol. The molecule has 0 spiro atoms. The molecule has 5 heteroatoms. The van der Waals surface area contributed by atoms with E-state index in [0.717, 1.165) is 12.1 Å². The summed E-state index contributed by atoms with van der Waals surface area (Å²) in [4.78, 5) is 24.4. The van der Waals surface area contributed by atoms with Gasteiger partial charge in [0.15, 0.2) is 0 Å². The molecule has 2 atom stereocenters. The summed E-state index contributed by atoms with van der Waals surface area (Å²) in [6.07, 6.45) is 1.35. The minimum atomic E-state index is -0.702. The van der Waals surface area contributed by atoms with Gasteiger partial charge in [0.25, 0.3) is 0 Å². The van der Waals surface area contributed by atoms with Gasteiger partial charge in [-0.25, -0.2) is 0 Å². The maximum Gasteiger partial charge on any atom is 0.306 e. The van der Waals surface area contributed by atoms with Gasteiger partial charge in [-0.1, -0.05) is 12.1 Å². The number of piperidine rings is 1. The van der Waals surface area contributed by atoms with Gasteiger partial charge in [0, 0.05) is 18.2 Å². The van der Waals surface area contributed by atoms with Crippen molar-refractivity contribution in [2.45, 2.75) is 32.4 Å². The lowest BCUT2D eigenvalue weighted by atomic mass is 9.91. The minimum Gasteiger partial charge on any atom is -0.481 e. The fraction of sp³-hybridized carbons (Fsp3) is 0.467.